The molecule has 4 rings (SSSR count). The number of carbonyl (C=O) groups is 2. The van der Waals surface area contributed by atoms with Crippen molar-refractivity contribution in [3.8, 4) is 0 Å². The molecule has 28 heavy (non-hydrogen) atoms. The van der Waals surface area contributed by atoms with Crippen molar-refractivity contribution in [2.45, 2.75) is 25.7 Å². The largest absolute Gasteiger partial charge is 0.398 e. The van der Waals surface area contributed by atoms with Crippen molar-refractivity contribution in [2.75, 3.05) is 43.0 Å². The first-order chi connectivity index (χ1) is 13.6. The minimum absolute atomic E-state index is 0.222. The first kappa shape index (κ1) is 18.5. The molecule has 0 radical (unpaired) electrons. The average Bonchev–Trinajstić information content (AvgIpc) is 2.71. The van der Waals surface area contributed by atoms with E-state index < -0.39 is 0 Å². The average molecular weight is 378 g/mol. The van der Waals surface area contributed by atoms with Crippen molar-refractivity contribution in [1.29, 1.82) is 0 Å². The molecule has 1 saturated heterocycles. The van der Waals surface area contributed by atoms with Crippen LogP contribution in [0.15, 0.2) is 30.3 Å². The van der Waals surface area contributed by atoms with Gasteiger partial charge in [0.05, 0.1) is 16.7 Å². The molecule has 6 nitrogen and oxygen atoms in total. The maximum Gasteiger partial charge on any atom is 0.198 e. The molecule has 5 N–H and O–H groups in total. The van der Waals surface area contributed by atoms with E-state index >= 15 is 0 Å². The molecule has 1 aliphatic carbocycles. The molecule has 1 fully saturated rings. The zero-order valence-electron chi connectivity index (χ0n) is 16.0. The van der Waals surface area contributed by atoms with Crippen LogP contribution in [0.3, 0.4) is 0 Å². The number of rotatable bonds is 5. The van der Waals surface area contributed by atoms with Gasteiger partial charge in [0.1, 0.15) is 0 Å². The monoisotopic (exact) mass is 378 g/mol. The van der Waals surface area contributed by atoms with Crippen LogP contribution < -0.4 is 16.8 Å². The van der Waals surface area contributed by atoms with Crippen molar-refractivity contribution in [1.82, 2.24) is 4.90 Å². The number of fused-ring (bicyclic) bond motifs is 2. The van der Waals surface area contributed by atoms with Crippen molar-refractivity contribution >= 4 is 28.6 Å². The van der Waals surface area contributed by atoms with Crippen LogP contribution in [-0.2, 0) is 0 Å². The van der Waals surface area contributed by atoms with Gasteiger partial charge in [-0.1, -0.05) is 18.6 Å². The number of benzene rings is 2. The fourth-order valence-electron chi connectivity index (χ4n) is 4.23. The molecule has 0 amide bonds. The lowest BCUT2D eigenvalue weighted by atomic mass is 9.81. The number of anilines is 3. The zero-order valence-corrected chi connectivity index (χ0v) is 16.0. The lowest BCUT2D eigenvalue weighted by molar-refractivity contribution is 0.0981. The van der Waals surface area contributed by atoms with E-state index in [-0.39, 0.29) is 34.1 Å². The first-order valence-electron chi connectivity index (χ1n) is 9.94. The predicted molar refractivity (Wildman–Crippen MR) is 112 cm³/mol. The number of hydrogen-bond acceptors (Lipinski definition) is 6. The van der Waals surface area contributed by atoms with Gasteiger partial charge in [0.2, 0.25) is 0 Å². The van der Waals surface area contributed by atoms with Gasteiger partial charge >= 0.3 is 0 Å². The fraction of sp³-hybridized carbons (Fsp3) is 0.364. The maximum absolute atomic E-state index is 13.2. The van der Waals surface area contributed by atoms with E-state index in [2.05, 4.69) is 10.2 Å². The Morgan fingerprint density at radius 2 is 1.54 bits per heavy atom. The third kappa shape index (κ3) is 3.24. The number of likely N-dealkylation sites (tertiary alicyclic amines) is 1. The van der Waals surface area contributed by atoms with E-state index in [1.165, 1.54) is 32.4 Å². The summed E-state index contributed by atoms with van der Waals surface area (Å²) in [6, 6.07) is 8.48. The van der Waals surface area contributed by atoms with Gasteiger partial charge < -0.3 is 21.7 Å². The predicted octanol–water partition coefficient (Wildman–Crippen LogP) is 2.91. The van der Waals surface area contributed by atoms with Crippen molar-refractivity contribution < 1.29 is 9.59 Å². The molecule has 2 aromatic carbocycles. The van der Waals surface area contributed by atoms with Crippen LogP contribution in [-0.4, -0.2) is 42.6 Å². The Labute approximate surface area is 164 Å². The highest BCUT2D eigenvalue weighted by Gasteiger charge is 2.34. The Kier molecular flexibility index (Phi) is 5.05. The summed E-state index contributed by atoms with van der Waals surface area (Å²) in [6.07, 6.45) is 4.87. The lowest BCUT2D eigenvalue weighted by Crippen LogP contribution is -2.31. The number of nitrogen functional groups attached to an aromatic ring is 2. The molecule has 6 heteroatoms. The van der Waals surface area contributed by atoms with E-state index in [1.807, 2.05) is 6.07 Å². The van der Waals surface area contributed by atoms with Gasteiger partial charge in [-0.2, -0.15) is 0 Å². The Hall–Kier alpha value is -2.86. The first-order valence-corrected chi connectivity index (χ1v) is 9.94. The molecule has 1 aliphatic heterocycles. The van der Waals surface area contributed by atoms with Gasteiger partial charge in [-0.05, 0) is 57.1 Å². The topological polar surface area (TPSA) is 101 Å². The molecule has 0 saturated carbocycles. The van der Waals surface area contributed by atoms with Crippen LogP contribution in [0.4, 0.5) is 17.1 Å². The highest BCUT2D eigenvalue weighted by atomic mass is 16.1. The summed E-state index contributed by atoms with van der Waals surface area (Å²) in [6.45, 7) is 4.13. The van der Waals surface area contributed by atoms with Gasteiger partial charge in [0.15, 0.2) is 11.6 Å². The minimum atomic E-state index is -0.244. The summed E-state index contributed by atoms with van der Waals surface area (Å²) in [5.41, 5.74) is 14.5. The molecular weight excluding hydrogens is 352 g/mol. The molecule has 2 aromatic rings. The Morgan fingerprint density at radius 1 is 0.857 bits per heavy atom. The van der Waals surface area contributed by atoms with E-state index in [0.29, 0.717) is 16.8 Å². The zero-order chi connectivity index (χ0) is 19.7. The van der Waals surface area contributed by atoms with Crippen LogP contribution in [0.5, 0.6) is 0 Å². The van der Waals surface area contributed by atoms with Crippen molar-refractivity contribution in [2.24, 2.45) is 0 Å². The molecule has 0 aromatic heterocycles. The van der Waals surface area contributed by atoms with E-state index in [1.54, 1.807) is 24.3 Å². The molecule has 0 bridgehead atoms. The maximum atomic E-state index is 13.2. The Morgan fingerprint density at radius 3 is 2.25 bits per heavy atom. The summed E-state index contributed by atoms with van der Waals surface area (Å²) in [5, 5.41) is 3.36. The Bertz CT molecular complexity index is 932. The number of piperidine rings is 1. The number of hydrogen-bond donors (Lipinski definition) is 3. The van der Waals surface area contributed by atoms with Gasteiger partial charge in [-0.3, -0.25) is 9.59 Å². The number of ketones is 2. The number of nitrogens with zero attached hydrogens (tertiary/aromatic N) is 1. The van der Waals surface area contributed by atoms with E-state index in [4.69, 9.17) is 11.5 Å². The second-order valence-corrected chi connectivity index (χ2v) is 7.56. The van der Waals surface area contributed by atoms with Gasteiger partial charge in [-0.25, -0.2) is 0 Å². The minimum Gasteiger partial charge on any atom is -0.398 e. The van der Waals surface area contributed by atoms with Gasteiger partial charge in [-0.15, -0.1) is 0 Å². The SMILES string of the molecule is Nc1ccc(N)c2c1C(=O)c1cccc(NCCCN3CCCCC3)c1C2=O. The third-order valence-corrected chi connectivity index (χ3v) is 5.68. The van der Waals surface area contributed by atoms with Crippen LogP contribution in [0.25, 0.3) is 0 Å². The van der Waals surface area contributed by atoms with Crippen molar-refractivity contribution in [3.63, 3.8) is 0 Å². The molecule has 2 aliphatic rings. The van der Waals surface area contributed by atoms with Crippen LogP contribution in [0.1, 0.15) is 57.5 Å². The molecule has 0 spiro atoms. The fourth-order valence-corrected chi connectivity index (χ4v) is 4.23. The molecule has 0 atom stereocenters. The normalized spacial score (nSPS) is 16.6. The molecule has 146 valence electrons. The summed E-state index contributed by atoms with van der Waals surface area (Å²) in [4.78, 5) is 28.7. The quantitative estimate of drug-likeness (QED) is 0.466. The van der Waals surface area contributed by atoms with Crippen LogP contribution in [0.2, 0.25) is 0 Å². The third-order valence-electron chi connectivity index (χ3n) is 5.68. The van der Waals surface area contributed by atoms with Crippen molar-refractivity contribution in [3.05, 3.63) is 52.6 Å². The number of carbonyl (C=O) groups excluding carboxylic acids is 2. The summed E-state index contributed by atoms with van der Waals surface area (Å²) < 4.78 is 0. The van der Waals surface area contributed by atoms with Crippen LogP contribution >= 0.6 is 0 Å². The standard InChI is InChI=1S/C22H26N4O2/c23-15-8-9-16(24)20-19(15)21(27)14-6-4-7-17(18(14)22(20)28)25-10-5-13-26-11-2-1-3-12-26/h4,6-9,25H,1-3,5,10-13,23-24H2. The van der Waals surface area contributed by atoms with E-state index in [0.717, 1.165) is 19.5 Å². The molecule has 0 unspecified atom stereocenters. The Balaban J connectivity index is 1.55. The van der Waals surface area contributed by atoms with Gasteiger partial charge in [0.25, 0.3) is 0 Å². The van der Waals surface area contributed by atoms with Crippen LogP contribution in [0, 0.1) is 0 Å². The smallest absolute Gasteiger partial charge is 0.198 e. The number of nitrogens with one attached hydrogen (secondary N) is 1. The highest BCUT2D eigenvalue weighted by Crippen LogP contribution is 2.37. The highest BCUT2D eigenvalue weighted by molar-refractivity contribution is 6.33. The summed E-state index contributed by atoms with van der Waals surface area (Å²) >= 11 is 0. The summed E-state index contributed by atoms with van der Waals surface area (Å²) in [7, 11) is 0. The second kappa shape index (κ2) is 7.64. The molecular formula is C22H26N4O2. The molecule has 1 heterocycles. The second-order valence-electron chi connectivity index (χ2n) is 7.56. The van der Waals surface area contributed by atoms with E-state index in [9.17, 15) is 9.59 Å². The van der Waals surface area contributed by atoms with Gasteiger partial charge in [0, 0.05) is 29.2 Å². The number of nitrogens with two attached hydrogens (primary N) is 2. The summed E-state index contributed by atoms with van der Waals surface area (Å²) in [5.74, 6) is -0.486. The lowest BCUT2D eigenvalue weighted by Gasteiger charge is -2.26.